The molecule has 0 bridgehead atoms. The maximum atomic E-state index is 11.9. The highest BCUT2D eigenvalue weighted by atomic mass is 31.2. The summed E-state index contributed by atoms with van der Waals surface area (Å²) in [5, 5.41) is 0. The van der Waals surface area contributed by atoms with E-state index in [9.17, 15) is 4.57 Å². The van der Waals surface area contributed by atoms with Crippen LogP contribution in [0.3, 0.4) is 0 Å². The Morgan fingerprint density at radius 1 is 1.11 bits per heavy atom. The fourth-order valence-electron chi connectivity index (χ4n) is 1.36. The monoisotopic (exact) mass is 282 g/mol. The zero-order chi connectivity index (χ0) is 13.9. The van der Waals surface area contributed by atoms with Gasteiger partial charge in [-0.15, -0.1) is 4.67 Å². The summed E-state index contributed by atoms with van der Waals surface area (Å²) in [6.07, 6.45) is 5.77. The normalized spacial score (nSPS) is 16.4. The Kier molecular flexibility index (Phi) is 11.0. The summed E-state index contributed by atoms with van der Waals surface area (Å²) in [6.45, 7) is 6.39. The van der Waals surface area contributed by atoms with E-state index in [-0.39, 0.29) is 6.10 Å². The summed E-state index contributed by atoms with van der Waals surface area (Å²) in [7, 11) is -2.26. The van der Waals surface area contributed by atoms with Gasteiger partial charge in [0.15, 0.2) is 0 Å². The lowest BCUT2D eigenvalue weighted by Crippen LogP contribution is -2.12. The van der Waals surface area contributed by atoms with Crippen LogP contribution < -0.4 is 0 Å². The Hall–Kier alpha value is 0.0700. The van der Waals surface area contributed by atoms with Gasteiger partial charge in [0.05, 0.1) is 12.7 Å². The van der Waals surface area contributed by atoms with Gasteiger partial charge in [0.25, 0.3) is 0 Å². The minimum absolute atomic E-state index is 0.0646. The fourth-order valence-corrected chi connectivity index (χ4v) is 2.21. The van der Waals surface area contributed by atoms with E-state index in [0.29, 0.717) is 6.61 Å². The zero-order valence-corrected chi connectivity index (χ0v) is 12.9. The lowest BCUT2D eigenvalue weighted by atomic mass is 10.1. The summed E-state index contributed by atoms with van der Waals surface area (Å²) in [4.78, 5) is 5.18. The molecule has 2 unspecified atom stereocenters. The van der Waals surface area contributed by atoms with Crippen molar-refractivity contribution in [3.8, 4) is 0 Å². The van der Waals surface area contributed by atoms with Gasteiger partial charge in [-0.1, -0.05) is 40.0 Å². The second kappa shape index (κ2) is 10.9. The first-order valence-electron chi connectivity index (χ1n) is 6.77. The Bertz CT molecular complexity index is 235. The van der Waals surface area contributed by atoms with Crippen molar-refractivity contribution in [3.63, 3.8) is 0 Å². The number of hydrogen-bond donors (Lipinski definition) is 0. The van der Waals surface area contributed by atoms with Crippen LogP contribution in [0.25, 0.3) is 0 Å². The van der Waals surface area contributed by atoms with Gasteiger partial charge in [0, 0.05) is 7.11 Å². The second-order valence-electron chi connectivity index (χ2n) is 4.16. The van der Waals surface area contributed by atoms with E-state index in [1.54, 1.807) is 0 Å². The molecule has 0 aliphatic rings. The highest BCUT2D eigenvalue weighted by Crippen LogP contribution is 2.49. The van der Waals surface area contributed by atoms with Gasteiger partial charge in [-0.2, -0.15) is 0 Å². The first-order valence-corrected chi connectivity index (χ1v) is 8.23. The largest absolute Gasteiger partial charge is 0.501 e. The van der Waals surface area contributed by atoms with Gasteiger partial charge >= 0.3 is 7.82 Å². The van der Waals surface area contributed by atoms with E-state index in [2.05, 4.69) is 6.92 Å². The predicted octanol–water partition coefficient (Wildman–Crippen LogP) is 4.47. The van der Waals surface area contributed by atoms with E-state index < -0.39 is 7.82 Å². The number of hydrogen-bond acceptors (Lipinski definition) is 5. The average Bonchev–Trinajstić information content (AvgIpc) is 2.40. The summed E-state index contributed by atoms with van der Waals surface area (Å²) in [5.41, 5.74) is 0. The van der Waals surface area contributed by atoms with Crippen LogP contribution in [0.2, 0.25) is 0 Å². The predicted molar refractivity (Wildman–Crippen MR) is 71.2 cm³/mol. The van der Waals surface area contributed by atoms with Crippen LogP contribution in [0.4, 0.5) is 0 Å². The molecule has 0 amide bonds. The van der Waals surface area contributed by atoms with E-state index >= 15 is 0 Å². The van der Waals surface area contributed by atoms with Crippen molar-refractivity contribution in [2.24, 2.45) is 0 Å². The van der Waals surface area contributed by atoms with Gasteiger partial charge in [-0.05, 0) is 19.3 Å². The molecule has 0 saturated carbocycles. The highest BCUT2D eigenvalue weighted by Gasteiger charge is 2.27. The molecule has 18 heavy (non-hydrogen) atoms. The molecular weight excluding hydrogens is 255 g/mol. The number of phosphoric acid groups is 1. The van der Waals surface area contributed by atoms with Gasteiger partial charge in [0.1, 0.15) is 0 Å². The molecule has 0 aliphatic heterocycles. The molecule has 0 aromatic rings. The molecule has 0 aliphatic carbocycles. The van der Waals surface area contributed by atoms with E-state index in [1.807, 2.05) is 13.8 Å². The first kappa shape index (κ1) is 18.1. The third kappa shape index (κ3) is 8.22. The molecule has 0 rings (SSSR count). The number of rotatable bonds is 12. The minimum Gasteiger partial charge on any atom is -0.289 e. The van der Waals surface area contributed by atoms with Crippen LogP contribution in [0.5, 0.6) is 0 Å². The van der Waals surface area contributed by atoms with Crippen molar-refractivity contribution in [2.45, 2.75) is 65.4 Å². The Morgan fingerprint density at radius 3 is 2.33 bits per heavy atom. The van der Waals surface area contributed by atoms with Gasteiger partial charge in [-0.25, -0.2) is 9.45 Å². The second-order valence-corrected chi connectivity index (χ2v) is 5.83. The van der Waals surface area contributed by atoms with Crippen molar-refractivity contribution < 1.29 is 23.2 Å². The van der Waals surface area contributed by atoms with Crippen LogP contribution in [0, 0.1) is 0 Å². The molecule has 6 heteroatoms. The molecule has 0 saturated heterocycles. The lowest BCUT2D eigenvalue weighted by Gasteiger charge is -2.18. The first-order chi connectivity index (χ1) is 8.61. The van der Waals surface area contributed by atoms with E-state index in [4.69, 9.17) is 18.6 Å². The van der Waals surface area contributed by atoms with Crippen LogP contribution in [-0.2, 0) is 23.2 Å². The number of unbranched alkanes of at least 4 members (excludes halogenated alkanes) is 2. The van der Waals surface area contributed by atoms with E-state index in [0.717, 1.165) is 38.5 Å². The standard InChI is InChI=1S/C12H27O5P/c1-5-8-9-10-12(7-3)16-17-18(13,14-4)15-11-6-2/h12H,5-11H2,1-4H3. The van der Waals surface area contributed by atoms with Crippen molar-refractivity contribution in [2.75, 3.05) is 13.7 Å². The quantitative estimate of drug-likeness (QED) is 0.229. The summed E-state index contributed by atoms with van der Waals surface area (Å²) < 4.78 is 26.6. The van der Waals surface area contributed by atoms with Crippen LogP contribution in [-0.4, -0.2) is 19.8 Å². The smallest absolute Gasteiger partial charge is 0.289 e. The van der Waals surface area contributed by atoms with Gasteiger partial charge < -0.3 is 0 Å². The summed E-state index contributed by atoms with van der Waals surface area (Å²) in [5.74, 6) is 0. The Labute approximate surface area is 111 Å². The van der Waals surface area contributed by atoms with Crippen LogP contribution in [0.15, 0.2) is 0 Å². The maximum Gasteiger partial charge on any atom is 0.501 e. The molecule has 5 nitrogen and oxygen atoms in total. The zero-order valence-electron chi connectivity index (χ0n) is 12.0. The van der Waals surface area contributed by atoms with Crippen molar-refractivity contribution in [1.29, 1.82) is 0 Å². The molecule has 0 fully saturated rings. The Balaban J connectivity index is 4.02. The van der Waals surface area contributed by atoms with Gasteiger partial charge in [-0.3, -0.25) is 9.05 Å². The van der Waals surface area contributed by atoms with Crippen molar-refractivity contribution in [1.82, 2.24) is 0 Å². The van der Waals surface area contributed by atoms with E-state index in [1.165, 1.54) is 7.11 Å². The topological polar surface area (TPSA) is 54.0 Å². The van der Waals surface area contributed by atoms with Crippen LogP contribution >= 0.6 is 7.82 Å². The minimum atomic E-state index is -3.55. The van der Waals surface area contributed by atoms with Crippen molar-refractivity contribution >= 4 is 7.82 Å². The molecular formula is C12H27O5P. The molecule has 0 aromatic carbocycles. The molecule has 0 spiro atoms. The van der Waals surface area contributed by atoms with Gasteiger partial charge in [0.2, 0.25) is 0 Å². The molecule has 110 valence electrons. The fraction of sp³-hybridized carbons (Fsp3) is 1.00. The average molecular weight is 282 g/mol. The highest BCUT2D eigenvalue weighted by molar-refractivity contribution is 7.48. The summed E-state index contributed by atoms with van der Waals surface area (Å²) >= 11 is 0. The molecule has 0 heterocycles. The molecule has 0 N–H and O–H groups in total. The summed E-state index contributed by atoms with van der Waals surface area (Å²) in [6, 6.07) is 0. The number of phosphoric ester groups is 1. The third-order valence-electron chi connectivity index (χ3n) is 2.53. The lowest BCUT2D eigenvalue weighted by molar-refractivity contribution is -0.262. The molecule has 0 radical (unpaired) electrons. The SMILES string of the molecule is CCCCCC(CC)OOP(=O)(OC)OCCC. The Morgan fingerprint density at radius 2 is 1.83 bits per heavy atom. The maximum absolute atomic E-state index is 11.9. The third-order valence-corrected chi connectivity index (χ3v) is 3.75. The van der Waals surface area contributed by atoms with Crippen LogP contribution in [0.1, 0.15) is 59.3 Å². The molecule has 2 atom stereocenters. The van der Waals surface area contributed by atoms with Crippen molar-refractivity contribution in [3.05, 3.63) is 0 Å². The molecule has 0 aromatic heterocycles.